The molecule has 3 rings (SSSR count). The number of rotatable bonds is 9. The van der Waals surface area contributed by atoms with Crippen LogP contribution in [0.25, 0.3) is 10.9 Å². The number of nitrogens with one attached hydrogen (secondary N) is 1. The SMILES string of the molecule is CCCCCCCCn1c(=O)c(C(=O)Nc2nccs2)c(O)c2ccccc21. The summed E-state index contributed by atoms with van der Waals surface area (Å²) in [6, 6.07) is 7.14. The fraction of sp³-hybridized carbons (Fsp3) is 0.381. The molecule has 3 aromatic rings. The van der Waals surface area contributed by atoms with Crippen molar-refractivity contribution in [3.05, 3.63) is 51.8 Å². The highest BCUT2D eigenvalue weighted by molar-refractivity contribution is 7.13. The van der Waals surface area contributed by atoms with E-state index in [1.807, 2.05) is 6.07 Å². The molecule has 0 saturated carbocycles. The molecule has 0 radical (unpaired) electrons. The van der Waals surface area contributed by atoms with Gasteiger partial charge in [0.15, 0.2) is 5.13 Å². The van der Waals surface area contributed by atoms with Crippen LogP contribution in [-0.2, 0) is 6.54 Å². The van der Waals surface area contributed by atoms with Crippen LogP contribution in [-0.4, -0.2) is 20.6 Å². The van der Waals surface area contributed by atoms with Gasteiger partial charge >= 0.3 is 0 Å². The summed E-state index contributed by atoms with van der Waals surface area (Å²) >= 11 is 1.26. The Labute approximate surface area is 167 Å². The maximum atomic E-state index is 13.1. The number of nitrogens with zero attached hydrogens (tertiary/aromatic N) is 2. The van der Waals surface area contributed by atoms with Crippen molar-refractivity contribution in [1.82, 2.24) is 9.55 Å². The monoisotopic (exact) mass is 399 g/mol. The molecule has 6 nitrogen and oxygen atoms in total. The first-order valence-electron chi connectivity index (χ1n) is 9.68. The molecule has 0 saturated heterocycles. The maximum absolute atomic E-state index is 13.1. The lowest BCUT2D eigenvalue weighted by molar-refractivity contribution is 0.102. The summed E-state index contributed by atoms with van der Waals surface area (Å²) in [7, 11) is 0. The van der Waals surface area contributed by atoms with E-state index < -0.39 is 11.5 Å². The number of aryl methyl sites for hydroxylation is 1. The zero-order valence-corrected chi connectivity index (χ0v) is 16.8. The number of aromatic nitrogens is 2. The van der Waals surface area contributed by atoms with Crippen LogP contribution in [0, 0.1) is 0 Å². The van der Waals surface area contributed by atoms with Crippen molar-refractivity contribution < 1.29 is 9.90 Å². The third-order valence-electron chi connectivity index (χ3n) is 4.76. The van der Waals surface area contributed by atoms with Gasteiger partial charge in [-0.3, -0.25) is 14.9 Å². The molecule has 28 heavy (non-hydrogen) atoms. The van der Waals surface area contributed by atoms with Crippen LogP contribution < -0.4 is 10.9 Å². The molecule has 2 heterocycles. The Morgan fingerprint density at radius 1 is 1.18 bits per heavy atom. The molecule has 0 aliphatic rings. The lowest BCUT2D eigenvalue weighted by atomic mass is 10.1. The van der Waals surface area contributed by atoms with Gasteiger partial charge in [-0.2, -0.15) is 0 Å². The number of benzene rings is 1. The van der Waals surface area contributed by atoms with Gasteiger partial charge in [-0.15, -0.1) is 11.3 Å². The van der Waals surface area contributed by atoms with Gasteiger partial charge < -0.3 is 9.67 Å². The smallest absolute Gasteiger partial charge is 0.267 e. The minimum Gasteiger partial charge on any atom is -0.506 e. The van der Waals surface area contributed by atoms with Crippen LogP contribution in [0.3, 0.4) is 0 Å². The Morgan fingerprint density at radius 2 is 1.93 bits per heavy atom. The summed E-state index contributed by atoms with van der Waals surface area (Å²) in [5.74, 6) is -0.922. The molecule has 0 spiro atoms. The van der Waals surface area contributed by atoms with E-state index in [4.69, 9.17) is 0 Å². The number of para-hydroxylation sites is 1. The van der Waals surface area contributed by atoms with Crippen molar-refractivity contribution in [3.63, 3.8) is 0 Å². The molecule has 0 bridgehead atoms. The quantitative estimate of drug-likeness (QED) is 0.507. The van der Waals surface area contributed by atoms with Crippen molar-refractivity contribution in [1.29, 1.82) is 0 Å². The summed E-state index contributed by atoms with van der Waals surface area (Å²) in [5, 5.41) is 15.8. The van der Waals surface area contributed by atoms with Gasteiger partial charge in [-0.1, -0.05) is 51.2 Å². The van der Waals surface area contributed by atoms with Gasteiger partial charge in [0.05, 0.1) is 5.52 Å². The Morgan fingerprint density at radius 3 is 2.68 bits per heavy atom. The molecular formula is C21H25N3O3S. The second-order valence-corrected chi connectivity index (χ2v) is 7.65. The topological polar surface area (TPSA) is 84.2 Å². The largest absolute Gasteiger partial charge is 0.506 e. The average Bonchev–Trinajstić information content (AvgIpc) is 3.20. The van der Waals surface area contributed by atoms with E-state index in [2.05, 4.69) is 17.2 Å². The average molecular weight is 400 g/mol. The van der Waals surface area contributed by atoms with Crippen molar-refractivity contribution in [2.45, 2.75) is 52.0 Å². The highest BCUT2D eigenvalue weighted by atomic mass is 32.1. The number of amides is 1. The van der Waals surface area contributed by atoms with Gasteiger partial charge in [0, 0.05) is 23.5 Å². The Hall–Kier alpha value is -2.67. The summed E-state index contributed by atoms with van der Waals surface area (Å²) in [6.07, 6.45) is 8.20. The molecule has 1 amide bonds. The van der Waals surface area contributed by atoms with E-state index in [-0.39, 0.29) is 11.3 Å². The summed E-state index contributed by atoms with van der Waals surface area (Å²) in [4.78, 5) is 29.8. The second-order valence-electron chi connectivity index (χ2n) is 6.76. The molecule has 2 aromatic heterocycles. The molecule has 0 aliphatic heterocycles. The first kappa shape index (κ1) is 20.1. The summed E-state index contributed by atoms with van der Waals surface area (Å²) < 4.78 is 1.60. The molecule has 0 atom stereocenters. The van der Waals surface area contributed by atoms with Gasteiger partial charge in [-0.05, 0) is 18.6 Å². The number of thiazole rings is 1. The van der Waals surface area contributed by atoms with Crippen molar-refractivity contribution in [3.8, 4) is 5.75 Å². The van der Waals surface area contributed by atoms with Gasteiger partial charge in [-0.25, -0.2) is 4.98 Å². The van der Waals surface area contributed by atoms with Crippen molar-refractivity contribution in [2.24, 2.45) is 0 Å². The van der Waals surface area contributed by atoms with E-state index in [1.165, 1.54) is 30.6 Å². The van der Waals surface area contributed by atoms with Crippen LogP contribution in [0.4, 0.5) is 5.13 Å². The maximum Gasteiger partial charge on any atom is 0.267 e. The minimum absolute atomic E-state index is 0.236. The molecule has 1 aromatic carbocycles. The number of carbonyl (C=O) groups is 1. The molecule has 7 heteroatoms. The molecule has 148 valence electrons. The van der Waals surface area contributed by atoms with E-state index in [0.717, 1.165) is 19.3 Å². The van der Waals surface area contributed by atoms with Crippen LogP contribution in [0.2, 0.25) is 0 Å². The fourth-order valence-corrected chi connectivity index (χ4v) is 3.84. The predicted octanol–water partition coefficient (Wildman–Crippen LogP) is 4.78. The zero-order chi connectivity index (χ0) is 19.9. The fourth-order valence-electron chi connectivity index (χ4n) is 3.31. The molecular weight excluding hydrogens is 374 g/mol. The lowest BCUT2D eigenvalue weighted by Crippen LogP contribution is -2.30. The number of carbonyl (C=O) groups excluding carboxylic acids is 1. The molecule has 0 unspecified atom stereocenters. The number of hydrogen-bond acceptors (Lipinski definition) is 5. The van der Waals surface area contributed by atoms with Crippen LogP contribution in [0.15, 0.2) is 40.6 Å². The van der Waals surface area contributed by atoms with E-state index >= 15 is 0 Å². The van der Waals surface area contributed by atoms with Gasteiger partial charge in [0.1, 0.15) is 11.3 Å². The number of pyridine rings is 1. The normalized spacial score (nSPS) is 11.0. The summed E-state index contributed by atoms with van der Waals surface area (Å²) in [6.45, 7) is 2.70. The van der Waals surface area contributed by atoms with Crippen LogP contribution in [0.1, 0.15) is 55.8 Å². The van der Waals surface area contributed by atoms with Gasteiger partial charge in [0.25, 0.3) is 11.5 Å². The number of hydrogen-bond donors (Lipinski definition) is 2. The Balaban J connectivity index is 1.91. The van der Waals surface area contributed by atoms with Crippen molar-refractivity contribution in [2.75, 3.05) is 5.32 Å². The van der Waals surface area contributed by atoms with E-state index in [1.54, 1.807) is 34.3 Å². The molecule has 0 fully saturated rings. The van der Waals surface area contributed by atoms with Crippen LogP contribution in [0.5, 0.6) is 5.75 Å². The Bertz CT molecular complexity index is 996. The van der Waals surface area contributed by atoms with Crippen LogP contribution >= 0.6 is 11.3 Å². The first-order chi connectivity index (χ1) is 13.6. The number of fused-ring (bicyclic) bond motifs is 1. The van der Waals surface area contributed by atoms with Gasteiger partial charge in [0.2, 0.25) is 0 Å². The van der Waals surface area contributed by atoms with Crippen molar-refractivity contribution >= 4 is 33.3 Å². The second kappa shape index (κ2) is 9.50. The van der Waals surface area contributed by atoms with E-state index in [0.29, 0.717) is 22.6 Å². The molecule has 2 N–H and O–H groups in total. The number of aromatic hydroxyl groups is 1. The predicted molar refractivity (Wildman–Crippen MR) is 113 cm³/mol. The number of unbranched alkanes of at least 4 members (excludes halogenated alkanes) is 5. The highest BCUT2D eigenvalue weighted by Gasteiger charge is 2.22. The first-order valence-corrected chi connectivity index (χ1v) is 10.6. The lowest BCUT2D eigenvalue weighted by Gasteiger charge is -2.14. The zero-order valence-electron chi connectivity index (χ0n) is 16.0. The standard InChI is InChI=1S/C21H25N3O3S/c1-2-3-4-5-6-9-13-24-16-11-8-7-10-15(16)18(25)17(20(24)27)19(26)23-21-22-12-14-28-21/h7-8,10-12,14,25H,2-6,9,13H2,1H3,(H,22,23,26). The highest BCUT2D eigenvalue weighted by Crippen LogP contribution is 2.27. The number of anilines is 1. The summed E-state index contributed by atoms with van der Waals surface area (Å²) in [5.41, 5.74) is -0.0666. The third-order valence-corrected chi connectivity index (χ3v) is 5.45. The molecule has 0 aliphatic carbocycles. The third kappa shape index (κ3) is 4.42. The Kier molecular flexibility index (Phi) is 6.81. The van der Waals surface area contributed by atoms with E-state index in [9.17, 15) is 14.7 Å². The minimum atomic E-state index is -0.639.